The van der Waals surface area contributed by atoms with E-state index in [1.807, 2.05) is 29.0 Å². The van der Waals surface area contributed by atoms with Gasteiger partial charge in [-0.05, 0) is 48.2 Å². The minimum Gasteiger partial charge on any atom is -0.489 e. The minimum absolute atomic E-state index is 0.210. The Balaban J connectivity index is 1.62. The fourth-order valence-electron chi connectivity index (χ4n) is 2.97. The van der Waals surface area contributed by atoms with Gasteiger partial charge < -0.3 is 9.30 Å². The van der Waals surface area contributed by atoms with Crippen molar-refractivity contribution in [1.29, 1.82) is 0 Å². The smallest absolute Gasteiger partial charge is 0.290 e. The van der Waals surface area contributed by atoms with Gasteiger partial charge in [0.15, 0.2) is 11.6 Å². The van der Waals surface area contributed by atoms with E-state index in [1.54, 1.807) is 24.3 Å². The van der Waals surface area contributed by atoms with Crippen LogP contribution in [0.25, 0.3) is 17.0 Å². The summed E-state index contributed by atoms with van der Waals surface area (Å²) >= 11 is 4.35. The van der Waals surface area contributed by atoms with Gasteiger partial charge in [0.05, 0.1) is 11.4 Å². The van der Waals surface area contributed by atoms with Crippen LogP contribution in [0.3, 0.4) is 0 Å². The number of para-hydroxylation sites is 1. The molecule has 0 unspecified atom stereocenters. The summed E-state index contributed by atoms with van der Waals surface area (Å²) in [6, 6.07) is 12.1. The van der Waals surface area contributed by atoms with Gasteiger partial charge in [-0.2, -0.15) is 0 Å². The topological polar surface area (TPSA) is 60.3 Å². The van der Waals surface area contributed by atoms with Crippen molar-refractivity contribution in [3.63, 3.8) is 0 Å². The quantitative estimate of drug-likeness (QED) is 0.547. The van der Waals surface area contributed by atoms with Crippen LogP contribution >= 0.6 is 27.7 Å². The van der Waals surface area contributed by atoms with Gasteiger partial charge >= 0.3 is 0 Å². The van der Waals surface area contributed by atoms with E-state index in [4.69, 9.17) is 4.74 Å². The number of rotatable bonds is 5. The number of hydrogen-bond donors (Lipinski definition) is 1. The number of nitrogens with one attached hydrogen (secondary N) is 1. The van der Waals surface area contributed by atoms with Gasteiger partial charge in [0.25, 0.3) is 11.1 Å². The predicted molar refractivity (Wildman–Crippen MR) is 111 cm³/mol. The molecule has 142 valence electrons. The van der Waals surface area contributed by atoms with E-state index < -0.39 is 11.7 Å². The van der Waals surface area contributed by atoms with Crippen LogP contribution in [0.4, 0.5) is 9.18 Å². The van der Waals surface area contributed by atoms with Crippen molar-refractivity contribution in [2.24, 2.45) is 0 Å². The SMILES string of the molecule is O=C1NC(=O)/C(=C/c2cn(CCOc3ccccc3F)c3ccc(Br)cc23)S1. The summed E-state index contributed by atoms with van der Waals surface area (Å²) in [4.78, 5) is 23.6. The monoisotopic (exact) mass is 460 g/mol. The Hall–Kier alpha value is -2.58. The first-order valence-corrected chi connectivity index (χ1v) is 10.0. The molecule has 1 saturated heterocycles. The number of imide groups is 1. The second-order valence-electron chi connectivity index (χ2n) is 6.07. The third-order valence-corrected chi connectivity index (χ3v) is 5.53. The zero-order chi connectivity index (χ0) is 19.7. The largest absolute Gasteiger partial charge is 0.489 e. The molecule has 0 saturated carbocycles. The maximum atomic E-state index is 13.7. The van der Waals surface area contributed by atoms with E-state index in [0.29, 0.717) is 11.4 Å². The van der Waals surface area contributed by atoms with Gasteiger partial charge in [0.1, 0.15) is 6.61 Å². The van der Waals surface area contributed by atoms with Gasteiger partial charge in [-0.3, -0.25) is 14.9 Å². The van der Waals surface area contributed by atoms with Crippen molar-refractivity contribution in [3.05, 3.63) is 69.4 Å². The van der Waals surface area contributed by atoms with E-state index in [-0.39, 0.29) is 17.6 Å². The summed E-state index contributed by atoms with van der Waals surface area (Å²) in [7, 11) is 0. The molecule has 5 nitrogen and oxygen atoms in total. The molecule has 0 bridgehead atoms. The Labute approximate surface area is 172 Å². The van der Waals surface area contributed by atoms with Crippen LogP contribution in [0.15, 0.2) is 58.0 Å². The Morgan fingerprint density at radius 1 is 1.21 bits per heavy atom. The number of fused-ring (bicyclic) bond motifs is 1. The standard InChI is InChI=1S/C20H14BrFN2O3S/c21-13-5-6-16-14(10-13)12(9-18-19(25)23-20(26)28-18)11-24(16)7-8-27-17-4-2-1-3-15(17)22/h1-6,9-11H,7-8H2,(H,23,25,26)/b18-9-. The first-order valence-electron chi connectivity index (χ1n) is 8.42. The number of halogens is 2. The zero-order valence-corrected chi connectivity index (χ0v) is 16.8. The van der Waals surface area contributed by atoms with Crippen molar-refractivity contribution in [2.45, 2.75) is 6.54 Å². The highest BCUT2D eigenvalue weighted by molar-refractivity contribution is 9.10. The molecule has 2 amide bonds. The molecule has 8 heteroatoms. The van der Waals surface area contributed by atoms with Crippen LogP contribution in [0, 0.1) is 5.82 Å². The van der Waals surface area contributed by atoms with Crippen LogP contribution in [0.2, 0.25) is 0 Å². The van der Waals surface area contributed by atoms with Gasteiger partial charge in [-0.1, -0.05) is 28.1 Å². The van der Waals surface area contributed by atoms with Gasteiger partial charge in [0.2, 0.25) is 0 Å². The van der Waals surface area contributed by atoms with Gasteiger partial charge in [0, 0.05) is 27.1 Å². The highest BCUT2D eigenvalue weighted by Gasteiger charge is 2.25. The zero-order valence-electron chi connectivity index (χ0n) is 14.4. The molecule has 1 N–H and O–H groups in total. The first kappa shape index (κ1) is 18.8. The number of hydrogen-bond acceptors (Lipinski definition) is 4. The molecule has 28 heavy (non-hydrogen) atoms. The van der Waals surface area contributed by atoms with E-state index in [1.165, 1.54) is 6.07 Å². The molecule has 2 heterocycles. The molecule has 1 fully saturated rings. The summed E-state index contributed by atoms with van der Waals surface area (Å²) < 4.78 is 22.1. The van der Waals surface area contributed by atoms with Crippen LogP contribution in [0.1, 0.15) is 5.56 Å². The fourth-order valence-corrected chi connectivity index (χ4v) is 4.01. The van der Waals surface area contributed by atoms with Crippen LogP contribution < -0.4 is 10.1 Å². The molecular weight excluding hydrogens is 447 g/mol. The van der Waals surface area contributed by atoms with Crippen molar-refractivity contribution in [3.8, 4) is 5.75 Å². The highest BCUT2D eigenvalue weighted by atomic mass is 79.9. The summed E-state index contributed by atoms with van der Waals surface area (Å²) in [5, 5.41) is 2.81. The number of ether oxygens (including phenoxy) is 1. The second-order valence-corrected chi connectivity index (χ2v) is 8.00. The van der Waals surface area contributed by atoms with E-state index >= 15 is 0 Å². The molecule has 2 aromatic carbocycles. The lowest BCUT2D eigenvalue weighted by Crippen LogP contribution is -2.17. The summed E-state index contributed by atoms with van der Waals surface area (Å²) in [6.45, 7) is 0.776. The average molecular weight is 461 g/mol. The summed E-state index contributed by atoms with van der Waals surface area (Å²) in [5.41, 5.74) is 1.76. The van der Waals surface area contributed by atoms with E-state index in [0.717, 1.165) is 32.7 Å². The Bertz CT molecular complexity index is 1130. The molecule has 1 aliphatic rings. The third kappa shape index (κ3) is 3.83. The summed E-state index contributed by atoms with van der Waals surface area (Å²) in [5.74, 6) is -0.585. The van der Waals surface area contributed by atoms with Gasteiger partial charge in [-0.15, -0.1) is 0 Å². The van der Waals surface area contributed by atoms with Crippen LogP contribution in [0.5, 0.6) is 5.75 Å². The number of aromatic nitrogens is 1. The molecule has 0 spiro atoms. The number of carbonyl (C=O) groups excluding carboxylic acids is 2. The number of thioether (sulfide) groups is 1. The van der Waals surface area contributed by atoms with E-state index in [9.17, 15) is 14.0 Å². The lowest BCUT2D eigenvalue weighted by Gasteiger charge is -2.09. The normalized spacial score (nSPS) is 15.4. The fraction of sp³-hybridized carbons (Fsp3) is 0.100. The van der Waals surface area contributed by atoms with Crippen molar-refractivity contribution < 1.29 is 18.7 Å². The molecular formula is C20H14BrFN2O3S. The Morgan fingerprint density at radius 2 is 2.04 bits per heavy atom. The molecule has 0 atom stereocenters. The highest BCUT2D eigenvalue weighted by Crippen LogP contribution is 2.31. The maximum absolute atomic E-state index is 13.7. The van der Waals surface area contributed by atoms with Crippen molar-refractivity contribution in [1.82, 2.24) is 9.88 Å². The molecule has 4 rings (SSSR count). The minimum atomic E-state index is -0.400. The van der Waals surface area contributed by atoms with Crippen LogP contribution in [-0.4, -0.2) is 22.3 Å². The van der Waals surface area contributed by atoms with Crippen LogP contribution in [-0.2, 0) is 11.3 Å². The summed E-state index contributed by atoms with van der Waals surface area (Å²) in [6.07, 6.45) is 3.60. The first-order chi connectivity index (χ1) is 13.5. The molecule has 1 aliphatic heterocycles. The number of nitrogens with zero attached hydrogens (tertiary/aromatic N) is 1. The Kier molecular flexibility index (Phi) is 5.23. The average Bonchev–Trinajstić information content (AvgIpc) is 3.16. The number of benzene rings is 2. The molecule has 1 aromatic heterocycles. The molecule has 3 aromatic rings. The lowest BCUT2D eigenvalue weighted by molar-refractivity contribution is -0.115. The number of amides is 2. The maximum Gasteiger partial charge on any atom is 0.290 e. The molecule has 0 aliphatic carbocycles. The van der Waals surface area contributed by atoms with E-state index in [2.05, 4.69) is 21.2 Å². The second kappa shape index (κ2) is 7.81. The number of carbonyl (C=O) groups is 2. The molecule has 0 radical (unpaired) electrons. The lowest BCUT2D eigenvalue weighted by atomic mass is 10.1. The predicted octanol–water partition coefficient (Wildman–Crippen LogP) is 4.95. The van der Waals surface area contributed by atoms with Crippen molar-refractivity contribution >= 4 is 55.8 Å². The third-order valence-electron chi connectivity index (χ3n) is 4.23. The van der Waals surface area contributed by atoms with Gasteiger partial charge in [-0.25, -0.2) is 4.39 Å². The Morgan fingerprint density at radius 3 is 2.79 bits per heavy atom. The van der Waals surface area contributed by atoms with Crippen molar-refractivity contribution in [2.75, 3.05) is 6.61 Å².